The molecule has 4 bridgehead atoms. The van der Waals surface area contributed by atoms with E-state index in [9.17, 15) is 14.4 Å². The first-order chi connectivity index (χ1) is 14.0. The third kappa shape index (κ3) is 3.46. The van der Waals surface area contributed by atoms with Gasteiger partial charge in [0, 0.05) is 18.0 Å². The van der Waals surface area contributed by atoms with Gasteiger partial charge < -0.3 is 10.1 Å². The molecule has 162 valence electrons. The molecule has 5 nitrogen and oxygen atoms in total. The number of carbonyl (C=O) groups is 3. The van der Waals surface area contributed by atoms with Crippen molar-refractivity contribution in [2.45, 2.75) is 78.7 Å². The van der Waals surface area contributed by atoms with Crippen LogP contribution in [-0.4, -0.2) is 29.8 Å². The van der Waals surface area contributed by atoms with Gasteiger partial charge in [-0.25, -0.2) is 0 Å². The molecule has 2 unspecified atom stereocenters. The first-order valence-corrected chi connectivity index (χ1v) is 11.1. The Labute approximate surface area is 178 Å². The zero-order valence-electron chi connectivity index (χ0n) is 18.8. The molecular weight excluding hydrogens is 378 g/mol. The molecule has 1 aromatic carbocycles. The Morgan fingerprint density at radius 3 is 2.23 bits per heavy atom. The molecule has 4 aliphatic rings. The molecule has 1 N–H and O–H groups in total. The first kappa shape index (κ1) is 21.1. The molecule has 4 aliphatic carbocycles. The third-order valence-electron chi connectivity index (χ3n) is 8.05. The van der Waals surface area contributed by atoms with Crippen LogP contribution >= 0.6 is 0 Å². The normalized spacial score (nSPS) is 31.5. The lowest BCUT2D eigenvalue weighted by molar-refractivity contribution is -0.174. The maximum atomic E-state index is 13.2. The number of ketones is 1. The molecule has 4 saturated carbocycles. The van der Waals surface area contributed by atoms with Crippen LogP contribution in [0.1, 0.15) is 78.1 Å². The topological polar surface area (TPSA) is 72.5 Å². The predicted octanol–water partition coefficient (Wildman–Crippen LogP) is 4.12. The van der Waals surface area contributed by atoms with Gasteiger partial charge in [-0.3, -0.25) is 14.4 Å². The smallest absolute Gasteiger partial charge is 0.312 e. The summed E-state index contributed by atoms with van der Waals surface area (Å²) in [6.07, 6.45) is 5.33. The van der Waals surface area contributed by atoms with E-state index in [0.717, 1.165) is 48.8 Å². The van der Waals surface area contributed by atoms with Crippen molar-refractivity contribution in [3.05, 3.63) is 33.9 Å². The zero-order valence-corrected chi connectivity index (χ0v) is 18.8. The van der Waals surface area contributed by atoms with Gasteiger partial charge in [0.2, 0.25) is 11.7 Å². The second-order valence-corrected chi connectivity index (χ2v) is 10.3. The molecule has 2 atom stereocenters. The quantitative estimate of drug-likeness (QED) is 0.584. The fraction of sp³-hybridized carbons (Fsp3) is 0.640. The Balaban J connectivity index is 1.49. The number of nitrogens with one attached hydrogen (secondary N) is 1. The summed E-state index contributed by atoms with van der Waals surface area (Å²) < 4.78 is 5.66. The van der Waals surface area contributed by atoms with E-state index in [1.54, 1.807) is 6.92 Å². The lowest BCUT2D eigenvalue weighted by Crippen LogP contribution is -2.64. The van der Waals surface area contributed by atoms with Gasteiger partial charge in [-0.2, -0.15) is 0 Å². The Morgan fingerprint density at radius 1 is 1.00 bits per heavy atom. The van der Waals surface area contributed by atoms with E-state index < -0.39 is 5.41 Å². The molecular formula is C25H33NO4. The molecule has 1 aromatic rings. The van der Waals surface area contributed by atoms with Crippen molar-refractivity contribution in [3.8, 4) is 0 Å². The summed E-state index contributed by atoms with van der Waals surface area (Å²) >= 11 is 0. The summed E-state index contributed by atoms with van der Waals surface area (Å²) in [6, 6.07) is 1.91. The molecule has 0 spiro atoms. The van der Waals surface area contributed by atoms with Crippen LogP contribution in [0.15, 0.2) is 6.07 Å². The van der Waals surface area contributed by atoms with Crippen molar-refractivity contribution >= 4 is 17.7 Å². The molecule has 0 aliphatic heterocycles. The number of esters is 1. The Kier molecular flexibility index (Phi) is 5.06. The standard InChI is InChI=1S/C25H33NO4/c1-14-6-21(17(4)16(3)15(14)2)22(28)12-30-23(29)24-8-19-7-20(9-24)11-25(10-19,13-24)26-18(5)27/h6,19-20H,7-13H2,1-5H3,(H,26,27). The van der Waals surface area contributed by atoms with Crippen LogP contribution in [0.2, 0.25) is 0 Å². The van der Waals surface area contributed by atoms with Crippen LogP contribution in [0, 0.1) is 44.9 Å². The highest BCUT2D eigenvalue weighted by molar-refractivity contribution is 6.00. The second kappa shape index (κ2) is 7.21. The summed E-state index contributed by atoms with van der Waals surface area (Å²) in [5, 5.41) is 3.17. The molecule has 4 fully saturated rings. The third-order valence-corrected chi connectivity index (χ3v) is 8.05. The minimum absolute atomic E-state index is 0.0313. The minimum Gasteiger partial charge on any atom is -0.457 e. The summed E-state index contributed by atoms with van der Waals surface area (Å²) in [7, 11) is 0. The molecule has 0 radical (unpaired) electrons. The van der Waals surface area contributed by atoms with E-state index in [2.05, 4.69) is 12.2 Å². The average molecular weight is 412 g/mol. The average Bonchev–Trinajstić information content (AvgIpc) is 2.64. The number of carbonyl (C=O) groups excluding carboxylic acids is 3. The number of rotatable bonds is 5. The summed E-state index contributed by atoms with van der Waals surface area (Å²) in [6.45, 7) is 9.37. The van der Waals surface area contributed by atoms with Gasteiger partial charge in [-0.15, -0.1) is 0 Å². The SMILES string of the molecule is CC(=O)NC12CC3CC(C1)CC(C(=O)OCC(=O)c1cc(C)c(C)c(C)c1C)(C3)C2. The van der Waals surface area contributed by atoms with Crippen molar-refractivity contribution in [2.75, 3.05) is 6.61 Å². The van der Waals surface area contributed by atoms with Crippen LogP contribution in [0.3, 0.4) is 0 Å². The fourth-order valence-corrected chi connectivity index (χ4v) is 6.88. The van der Waals surface area contributed by atoms with Gasteiger partial charge >= 0.3 is 5.97 Å². The number of benzene rings is 1. The monoisotopic (exact) mass is 411 g/mol. The van der Waals surface area contributed by atoms with Crippen LogP contribution in [0.5, 0.6) is 0 Å². The van der Waals surface area contributed by atoms with Crippen LogP contribution in [0.4, 0.5) is 0 Å². The zero-order chi connectivity index (χ0) is 21.8. The van der Waals surface area contributed by atoms with Gasteiger partial charge in [0.1, 0.15) is 0 Å². The Morgan fingerprint density at radius 2 is 1.63 bits per heavy atom. The molecule has 1 amide bonds. The van der Waals surface area contributed by atoms with Crippen molar-refractivity contribution in [1.29, 1.82) is 0 Å². The second-order valence-electron chi connectivity index (χ2n) is 10.3. The number of amides is 1. The lowest BCUT2D eigenvalue weighted by atomic mass is 9.47. The van der Waals surface area contributed by atoms with E-state index in [0.29, 0.717) is 23.8 Å². The number of Topliss-reactive ketones (excluding diaryl/α,β-unsaturated/α-hetero) is 1. The largest absolute Gasteiger partial charge is 0.457 e. The molecule has 0 saturated heterocycles. The highest BCUT2D eigenvalue weighted by atomic mass is 16.5. The van der Waals surface area contributed by atoms with Gasteiger partial charge in [-0.05, 0) is 106 Å². The van der Waals surface area contributed by atoms with E-state index in [4.69, 9.17) is 4.74 Å². The lowest BCUT2D eigenvalue weighted by Gasteiger charge is -2.60. The number of ether oxygens (including phenoxy) is 1. The summed E-state index contributed by atoms with van der Waals surface area (Å²) in [5.41, 5.74) is 4.15. The van der Waals surface area contributed by atoms with E-state index in [-0.39, 0.29) is 29.8 Å². The van der Waals surface area contributed by atoms with Crippen molar-refractivity contribution < 1.29 is 19.1 Å². The molecule has 5 rings (SSSR count). The predicted molar refractivity (Wildman–Crippen MR) is 114 cm³/mol. The highest BCUT2D eigenvalue weighted by Gasteiger charge is 2.61. The van der Waals surface area contributed by atoms with Crippen molar-refractivity contribution in [3.63, 3.8) is 0 Å². The van der Waals surface area contributed by atoms with Crippen LogP contribution in [-0.2, 0) is 14.3 Å². The number of hydrogen-bond donors (Lipinski definition) is 1. The maximum absolute atomic E-state index is 13.2. The van der Waals surface area contributed by atoms with Crippen LogP contribution < -0.4 is 5.32 Å². The van der Waals surface area contributed by atoms with Gasteiger partial charge in [-0.1, -0.05) is 0 Å². The highest BCUT2D eigenvalue weighted by Crippen LogP contribution is 2.62. The molecule has 5 heteroatoms. The van der Waals surface area contributed by atoms with Crippen LogP contribution in [0.25, 0.3) is 0 Å². The van der Waals surface area contributed by atoms with E-state index in [1.807, 2.05) is 26.8 Å². The molecule has 30 heavy (non-hydrogen) atoms. The van der Waals surface area contributed by atoms with Gasteiger partial charge in [0.05, 0.1) is 5.41 Å². The summed E-state index contributed by atoms with van der Waals surface area (Å²) in [4.78, 5) is 37.9. The number of hydrogen-bond acceptors (Lipinski definition) is 4. The minimum atomic E-state index is -0.555. The van der Waals surface area contributed by atoms with E-state index in [1.165, 1.54) is 5.56 Å². The molecule has 0 heterocycles. The van der Waals surface area contributed by atoms with Gasteiger partial charge in [0.25, 0.3) is 0 Å². The maximum Gasteiger partial charge on any atom is 0.312 e. The first-order valence-electron chi connectivity index (χ1n) is 11.1. The Bertz CT molecular complexity index is 918. The van der Waals surface area contributed by atoms with Gasteiger partial charge in [0.15, 0.2) is 6.61 Å². The Hall–Kier alpha value is -2.17. The fourth-order valence-electron chi connectivity index (χ4n) is 6.88. The number of aryl methyl sites for hydroxylation is 1. The molecule has 0 aromatic heterocycles. The summed E-state index contributed by atoms with van der Waals surface area (Å²) in [5.74, 6) is 0.472. The van der Waals surface area contributed by atoms with E-state index >= 15 is 0 Å². The van der Waals surface area contributed by atoms with Crippen molar-refractivity contribution in [2.24, 2.45) is 17.3 Å². The van der Waals surface area contributed by atoms with Crippen molar-refractivity contribution in [1.82, 2.24) is 5.32 Å².